The molecule has 104 valence electrons. The molecule has 0 bridgehead atoms. The molecule has 1 aromatic heterocycles. The highest BCUT2D eigenvalue weighted by Crippen LogP contribution is 2.19. The Hall–Kier alpha value is -2.63. The number of nitrogens with one attached hydrogen (secondary N) is 1. The lowest BCUT2D eigenvalue weighted by atomic mass is 10.0. The summed E-state index contributed by atoms with van der Waals surface area (Å²) in [5, 5.41) is 14.8. The topological polar surface area (TPSA) is 92.4 Å². The van der Waals surface area contributed by atoms with E-state index in [1.54, 1.807) is 6.07 Å². The van der Waals surface area contributed by atoms with Crippen LogP contribution < -0.4 is 5.32 Å². The number of aromatic nitrogens is 1. The van der Waals surface area contributed by atoms with Gasteiger partial charge in [-0.3, -0.25) is 4.79 Å². The van der Waals surface area contributed by atoms with E-state index in [1.807, 2.05) is 18.2 Å². The van der Waals surface area contributed by atoms with Gasteiger partial charge in [0, 0.05) is 11.8 Å². The van der Waals surface area contributed by atoms with Crippen molar-refractivity contribution in [2.24, 2.45) is 0 Å². The normalized spacial score (nSPS) is 10.6. The second-order valence-corrected chi connectivity index (χ2v) is 4.62. The molecule has 0 fully saturated rings. The standard InChI is InChI=1S/C14H14N2O4/c1-8(2)9-4-3-5-10(6-9)15-13(17)11-7-12(14(18)19)20-16-11/h3-8H,1-2H3,(H,15,17)(H,18,19). The van der Waals surface area contributed by atoms with Gasteiger partial charge in [0.25, 0.3) is 5.91 Å². The van der Waals surface area contributed by atoms with Gasteiger partial charge < -0.3 is 14.9 Å². The lowest BCUT2D eigenvalue weighted by molar-refractivity contribution is 0.0651. The summed E-state index contributed by atoms with van der Waals surface area (Å²) in [5.41, 5.74) is 1.65. The Morgan fingerprint density at radius 1 is 1.30 bits per heavy atom. The van der Waals surface area contributed by atoms with Gasteiger partial charge in [-0.05, 0) is 23.6 Å². The highest BCUT2D eigenvalue weighted by molar-refractivity contribution is 6.03. The van der Waals surface area contributed by atoms with Crippen molar-refractivity contribution in [1.82, 2.24) is 5.16 Å². The van der Waals surface area contributed by atoms with E-state index < -0.39 is 11.9 Å². The lowest BCUT2D eigenvalue weighted by Crippen LogP contribution is -2.12. The Kier molecular flexibility index (Phi) is 3.84. The maximum absolute atomic E-state index is 11.9. The molecule has 0 unspecified atom stereocenters. The predicted octanol–water partition coefficient (Wildman–Crippen LogP) is 2.75. The van der Waals surface area contributed by atoms with Crippen LogP contribution in [0, 0.1) is 0 Å². The molecule has 2 N–H and O–H groups in total. The van der Waals surface area contributed by atoms with E-state index in [9.17, 15) is 9.59 Å². The minimum atomic E-state index is -1.27. The zero-order valence-corrected chi connectivity index (χ0v) is 11.1. The van der Waals surface area contributed by atoms with Crippen molar-refractivity contribution in [3.8, 4) is 0 Å². The van der Waals surface area contributed by atoms with E-state index >= 15 is 0 Å². The summed E-state index contributed by atoms with van der Waals surface area (Å²) in [7, 11) is 0. The quantitative estimate of drug-likeness (QED) is 0.894. The number of carbonyl (C=O) groups excluding carboxylic acids is 1. The zero-order valence-electron chi connectivity index (χ0n) is 11.1. The Morgan fingerprint density at radius 3 is 2.65 bits per heavy atom. The first kappa shape index (κ1) is 13.8. The number of carbonyl (C=O) groups is 2. The fraction of sp³-hybridized carbons (Fsp3) is 0.214. The summed E-state index contributed by atoms with van der Waals surface area (Å²) in [6.45, 7) is 4.11. The van der Waals surface area contributed by atoms with Gasteiger partial charge in [0.1, 0.15) is 0 Å². The molecule has 6 heteroatoms. The molecule has 6 nitrogen and oxygen atoms in total. The van der Waals surface area contributed by atoms with E-state index in [0.717, 1.165) is 11.6 Å². The maximum Gasteiger partial charge on any atom is 0.374 e. The molecule has 0 aliphatic rings. The predicted molar refractivity (Wildman–Crippen MR) is 71.9 cm³/mol. The second-order valence-electron chi connectivity index (χ2n) is 4.62. The number of hydrogen-bond acceptors (Lipinski definition) is 4. The molecular formula is C14H14N2O4. The van der Waals surface area contributed by atoms with Crippen molar-refractivity contribution in [1.29, 1.82) is 0 Å². The van der Waals surface area contributed by atoms with Gasteiger partial charge in [0.15, 0.2) is 5.69 Å². The first-order chi connectivity index (χ1) is 9.47. The average molecular weight is 274 g/mol. The van der Waals surface area contributed by atoms with Gasteiger partial charge in [-0.2, -0.15) is 0 Å². The molecule has 1 heterocycles. The van der Waals surface area contributed by atoms with Crippen molar-refractivity contribution >= 4 is 17.6 Å². The number of hydrogen-bond donors (Lipinski definition) is 2. The Labute approximate surface area is 115 Å². The van der Waals surface area contributed by atoms with Crippen molar-refractivity contribution in [3.63, 3.8) is 0 Å². The molecule has 2 aromatic rings. The molecule has 1 aromatic carbocycles. The number of carboxylic acids is 1. The number of nitrogens with zero attached hydrogens (tertiary/aromatic N) is 1. The summed E-state index contributed by atoms with van der Waals surface area (Å²) < 4.78 is 4.54. The molecule has 0 aliphatic carbocycles. The number of carboxylic acid groups (broad SMARTS) is 1. The summed E-state index contributed by atoms with van der Waals surface area (Å²) in [4.78, 5) is 22.6. The van der Waals surface area contributed by atoms with Crippen molar-refractivity contribution in [2.45, 2.75) is 19.8 Å². The molecule has 0 atom stereocenters. The minimum Gasteiger partial charge on any atom is -0.475 e. The van der Waals surface area contributed by atoms with Gasteiger partial charge in [0.05, 0.1) is 0 Å². The number of amides is 1. The second kappa shape index (κ2) is 5.56. The Bertz CT molecular complexity index is 646. The van der Waals surface area contributed by atoms with Crippen LogP contribution in [0.3, 0.4) is 0 Å². The first-order valence-electron chi connectivity index (χ1n) is 6.08. The third kappa shape index (κ3) is 3.03. The monoisotopic (exact) mass is 274 g/mol. The van der Waals surface area contributed by atoms with Crippen LogP contribution in [-0.4, -0.2) is 22.1 Å². The average Bonchev–Trinajstić information content (AvgIpc) is 2.88. The van der Waals surface area contributed by atoms with E-state index in [-0.39, 0.29) is 11.5 Å². The molecule has 1 amide bonds. The van der Waals surface area contributed by atoms with E-state index in [4.69, 9.17) is 5.11 Å². The minimum absolute atomic E-state index is 0.0719. The number of rotatable bonds is 4. The largest absolute Gasteiger partial charge is 0.475 e. The van der Waals surface area contributed by atoms with Crippen LogP contribution in [0.5, 0.6) is 0 Å². The first-order valence-corrected chi connectivity index (χ1v) is 6.08. The fourth-order valence-electron chi connectivity index (χ4n) is 1.65. The smallest absolute Gasteiger partial charge is 0.374 e. The van der Waals surface area contributed by atoms with Gasteiger partial charge in [0.2, 0.25) is 5.76 Å². The van der Waals surface area contributed by atoms with Crippen molar-refractivity contribution in [3.05, 3.63) is 47.3 Å². The zero-order chi connectivity index (χ0) is 14.7. The third-order valence-corrected chi connectivity index (χ3v) is 2.76. The van der Waals surface area contributed by atoms with E-state index in [1.165, 1.54) is 0 Å². The highest BCUT2D eigenvalue weighted by atomic mass is 16.5. The van der Waals surface area contributed by atoms with Gasteiger partial charge in [-0.25, -0.2) is 4.79 Å². The summed E-state index contributed by atoms with van der Waals surface area (Å²) in [5.74, 6) is -1.80. The van der Waals surface area contributed by atoms with Crippen LogP contribution >= 0.6 is 0 Å². The summed E-state index contributed by atoms with van der Waals surface area (Å²) >= 11 is 0. The molecule has 0 saturated heterocycles. The lowest BCUT2D eigenvalue weighted by Gasteiger charge is -2.08. The van der Waals surface area contributed by atoms with Crippen LogP contribution in [0.1, 0.15) is 46.4 Å². The van der Waals surface area contributed by atoms with Crippen LogP contribution in [0.25, 0.3) is 0 Å². The molecule has 0 radical (unpaired) electrons. The van der Waals surface area contributed by atoms with Crippen LogP contribution in [0.15, 0.2) is 34.9 Å². The molecule has 0 aliphatic heterocycles. The van der Waals surface area contributed by atoms with E-state index in [2.05, 4.69) is 28.8 Å². The number of aromatic carboxylic acids is 1. The number of anilines is 1. The molecular weight excluding hydrogens is 260 g/mol. The SMILES string of the molecule is CC(C)c1cccc(NC(=O)c2cc(C(=O)O)on2)c1. The molecule has 2 rings (SSSR count). The molecule has 20 heavy (non-hydrogen) atoms. The number of benzene rings is 1. The van der Waals surface area contributed by atoms with Crippen molar-refractivity contribution in [2.75, 3.05) is 5.32 Å². The maximum atomic E-state index is 11.9. The van der Waals surface area contributed by atoms with Crippen molar-refractivity contribution < 1.29 is 19.2 Å². The Balaban J connectivity index is 2.14. The van der Waals surface area contributed by atoms with Crippen LogP contribution in [-0.2, 0) is 0 Å². The summed E-state index contributed by atoms with van der Waals surface area (Å²) in [6, 6.07) is 8.52. The molecule has 0 spiro atoms. The van der Waals surface area contributed by atoms with Crippen LogP contribution in [0.2, 0.25) is 0 Å². The highest BCUT2D eigenvalue weighted by Gasteiger charge is 2.16. The fourth-order valence-corrected chi connectivity index (χ4v) is 1.65. The Morgan fingerprint density at radius 2 is 2.05 bits per heavy atom. The van der Waals surface area contributed by atoms with Gasteiger partial charge in [-0.1, -0.05) is 31.1 Å². The third-order valence-electron chi connectivity index (χ3n) is 2.76. The summed E-state index contributed by atoms with van der Waals surface area (Å²) in [6.07, 6.45) is 0. The van der Waals surface area contributed by atoms with Crippen LogP contribution in [0.4, 0.5) is 5.69 Å². The van der Waals surface area contributed by atoms with Gasteiger partial charge in [-0.15, -0.1) is 0 Å². The molecule has 0 saturated carbocycles. The van der Waals surface area contributed by atoms with E-state index in [0.29, 0.717) is 11.6 Å². The van der Waals surface area contributed by atoms with Gasteiger partial charge >= 0.3 is 5.97 Å².